The van der Waals surface area contributed by atoms with Crippen LogP contribution in [0.5, 0.6) is 11.5 Å². The zero-order chi connectivity index (χ0) is 28.6. The summed E-state index contributed by atoms with van der Waals surface area (Å²) in [6.07, 6.45) is 7.60. The number of imide groups is 1. The van der Waals surface area contributed by atoms with Gasteiger partial charge in [0, 0.05) is 12.7 Å². The zero-order valence-electron chi connectivity index (χ0n) is 23.1. The molecule has 0 aromatic heterocycles. The van der Waals surface area contributed by atoms with Gasteiger partial charge in [0.25, 0.3) is 11.8 Å². The molecule has 0 saturated heterocycles. The standard InChI is InChI=1S/C29H38N2O7S/c1-5-7-8-9-10-11-15-26(32)30-22-14-12-13-21-27(22)29(34)31(28(21)33)23(19-39(4,35)36)20-16-17-24(37-3)25(18-20)38-6-2/h12-14,16-18,23H,5-11,15,19H2,1-4H3,(H,30,32)/t23-/m1/s1. The van der Waals surface area contributed by atoms with Gasteiger partial charge in [-0.3, -0.25) is 19.3 Å². The van der Waals surface area contributed by atoms with Gasteiger partial charge in [-0.15, -0.1) is 0 Å². The highest BCUT2D eigenvalue weighted by molar-refractivity contribution is 7.90. The number of rotatable bonds is 15. The van der Waals surface area contributed by atoms with Crippen LogP contribution in [-0.4, -0.2) is 56.8 Å². The van der Waals surface area contributed by atoms with Gasteiger partial charge in [-0.2, -0.15) is 0 Å². The van der Waals surface area contributed by atoms with Gasteiger partial charge < -0.3 is 14.8 Å². The smallest absolute Gasteiger partial charge is 0.264 e. The third kappa shape index (κ3) is 7.59. The minimum atomic E-state index is -3.62. The summed E-state index contributed by atoms with van der Waals surface area (Å²) in [4.78, 5) is 40.8. The number of ether oxygens (including phenoxy) is 2. The minimum Gasteiger partial charge on any atom is -0.493 e. The molecule has 212 valence electrons. The third-order valence-corrected chi connectivity index (χ3v) is 7.54. The van der Waals surface area contributed by atoms with E-state index < -0.39 is 33.4 Å². The number of hydrogen-bond acceptors (Lipinski definition) is 7. The van der Waals surface area contributed by atoms with Crippen LogP contribution in [0.4, 0.5) is 5.69 Å². The number of anilines is 1. The van der Waals surface area contributed by atoms with Crippen molar-refractivity contribution in [2.75, 3.05) is 31.0 Å². The maximum atomic E-state index is 13.7. The first-order valence-corrected chi connectivity index (χ1v) is 15.5. The molecule has 2 aromatic carbocycles. The number of carbonyl (C=O) groups excluding carboxylic acids is 3. The molecule has 1 N–H and O–H groups in total. The van der Waals surface area contributed by atoms with E-state index in [0.29, 0.717) is 30.1 Å². The van der Waals surface area contributed by atoms with E-state index in [2.05, 4.69) is 12.2 Å². The molecule has 0 unspecified atom stereocenters. The Morgan fingerprint density at radius 3 is 2.36 bits per heavy atom. The van der Waals surface area contributed by atoms with Gasteiger partial charge in [-0.1, -0.05) is 51.2 Å². The molecule has 0 aliphatic carbocycles. The number of sulfone groups is 1. The van der Waals surface area contributed by atoms with Crippen LogP contribution < -0.4 is 14.8 Å². The fourth-order valence-electron chi connectivity index (χ4n) is 4.74. The van der Waals surface area contributed by atoms with E-state index in [0.717, 1.165) is 43.3 Å². The molecule has 3 amide bonds. The maximum absolute atomic E-state index is 13.7. The molecule has 1 aliphatic heterocycles. The van der Waals surface area contributed by atoms with Crippen molar-refractivity contribution >= 4 is 33.2 Å². The van der Waals surface area contributed by atoms with E-state index in [1.807, 2.05) is 0 Å². The Kier molecular flexibility index (Phi) is 10.5. The Morgan fingerprint density at radius 1 is 0.974 bits per heavy atom. The summed E-state index contributed by atoms with van der Waals surface area (Å²) in [7, 11) is -2.14. The Morgan fingerprint density at radius 2 is 1.69 bits per heavy atom. The molecular formula is C29H38N2O7S. The van der Waals surface area contributed by atoms with Crippen molar-refractivity contribution in [2.45, 2.75) is 64.8 Å². The number of amides is 3. The lowest BCUT2D eigenvalue weighted by atomic mass is 10.1. The summed E-state index contributed by atoms with van der Waals surface area (Å²) in [5.41, 5.74) is 0.838. The molecule has 1 atom stereocenters. The third-order valence-electron chi connectivity index (χ3n) is 6.62. The highest BCUT2D eigenvalue weighted by Crippen LogP contribution is 2.38. The second-order valence-corrected chi connectivity index (χ2v) is 11.9. The van der Waals surface area contributed by atoms with Crippen molar-refractivity contribution in [3.63, 3.8) is 0 Å². The van der Waals surface area contributed by atoms with E-state index in [1.165, 1.54) is 19.6 Å². The average Bonchev–Trinajstić information content (AvgIpc) is 3.14. The van der Waals surface area contributed by atoms with Crippen LogP contribution in [-0.2, 0) is 14.6 Å². The number of fused-ring (bicyclic) bond motifs is 1. The van der Waals surface area contributed by atoms with Crippen LogP contribution in [0.2, 0.25) is 0 Å². The molecule has 1 aliphatic rings. The molecule has 0 saturated carbocycles. The fourth-order valence-corrected chi connectivity index (χ4v) is 5.66. The highest BCUT2D eigenvalue weighted by Gasteiger charge is 2.43. The van der Waals surface area contributed by atoms with Gasteiger partial charge in [-0.05, 0) is 43.2 Å². The Bertz CT molecular complexity index is 1310. The quantitative estimate of drug-likeness (QED) is 0.237. The first-order valence-electron chi connectivity index (χ1n) is 13.4. The van der Waals surface area contributed by atoms with Crippen LogP contribution in [0.25, 0.3) is 0 Å². The van der Waals surface area contributed by atoms with Crippen molar-refractivity contribution in [1.29, 1.82) is 0 Å². The maximum Gasteiger partial charge on any atom is 0.264 e. The Hall–Kier alpha value is -3.40. The summed E-state index contributed by atoms with van der Waals surface area (Å²) in [5, 5.41) is 2.79. The second kappa shape index (κ2) is 13.6. The summed E-state index contributed by atoms with van der Waals surface area (Å²) >= 11 is 0. The number of nitrogens with zero attached hydrogens (tertiary/aromatic N) is 1. The Labute approximate surface area is 230 Å². The number of carbonyl (C=O) groups is 3. The van der Waals surface area contributed by atoms with Gasteiger partial charge >= 0.3 is 0 Å². The van der Waals surface area contributed by atoms with Gasteiger partial charge in [0.1, 0.15) is 9.84 Å². The lowest BCUT2D eigenvalue weighted by molar-refractivity contribution is -0.116. The molecule has 3 rings (SSSR count). The molecule has 39 heavy (non-hydrogen) atoms. The van der Waals surface area contributed by atoms with Crippen molar-refractivity contribution in [1.82, 2.24) is 4.90 Å². The summed E-state index contributed by atoms with van der Waals surface area (Å²) in [6, 6.07) is 8.40. The normalized spacial score (nSPS) is 13.8. The number of methoxy groups -OCH3 is 1. The SMILES string of the molecule is CCCCCCCCC(=O)Nc1cccc2c1C(=O)N([C@H](CS(C)(=O)=O)c1ccc(OC)c(OCC)c1)C2=O. The van der Waals surface area contributed by atoms with Gasteiger partial charge in [-0.25, -0.2) is 8.42 Å². The summed E-state index contributed by atoms with van der Waals surface area (Å²) < 4.78 is 35.8. The first kappa shape index (κ1) is 30.1. The number of nitrogens with one attached hydrogen (secondary N) is 1. The van der Waals surface area contributed by atoms with Crippen LogP contribution in [0.1, 0.15) is 91.1 Å². The average molecular weight is 559 g/mol. The van der Waals surface area contributed by atoms with Gasteiger partial charge in [0.15, 0.2) is 11.5 Å². The largest absolute Gasteiger partial charge is 0.493 e. The predicted molar refractivity (Wildman–Crippen MR) is 150 cm³/mol. The molecule has 1 heterocycles. The molecule has 0 bridgehead atoms. The van der Waals surface area contributed by atoms with E-state index in [-0.39, 0.29) is 22.7 Å². The van der Waals surface area contributed by atoms with Crippen LogP contribution in [0.3, 0.4) is 0 Å². The van der Waals surface area contributed by atoms with Crippen molar-refractivity contribution in [2.24, 2.45) is 0 Å². The molecule has 10 heteroatoms. The Balaban J connectivity index is 1.89. The lowest BCUT2D eigenvalue weighted by Gasteiger charge is -2.27. The topological polar surface area (TPSA) is 119 Å². The molecule has 9 nitrogen and oxygen atoms in total. The zero-order valence-corrected chi connectivity index (χ0v) is 23.9. The number of hydrogen-bond donors (Lipinski definition) is 1. The molecule has 0 spiro atoms. The van der Waals surface area contributed by atoms with Crippen molar-refractivity contribution < 1.29 is 32.3 Å². The minimum absolute atomic E-state index is 0.0656. The molecule has 0 radical (unpaired) electrons. The highest BCUT2D eigenvalue weighted by atomic mass is 32.2. The summed E-state index contributed by atoms with van der Waals surface area (Å²) in [5.74, 6) is -1.18. The molecule has 2 aromatic rings. The van der Waals surface area contributed by atoms with E-state index in [4.69, 9.17) is 9.47 Å². The molecule has 0 fully saturated rings. The van der Waals surface area contributed by atoms with E-state index in [9.17, 15) is 22.8 Å². The fraction of sp³-hybridized carbons (Fsp3) is 0.483. The van der Waals surface area contributed by atoms with Crippen LogP contribution >= 0.6 is 0 Å². The van der Waals surface area contributed by atoms with Crippen molar-refractivity contribution in [3.8, 4) is 11.5 Å². The van der Waals surface area contributed by atoms with Gasteiger partial charge in [0.05, 0.1) is 42.3 Å². The number of unbranched alkanes of at least 4 members (excludes halogenated alkanes) is 5. The van der Waals surface area contributed by atoms with E-state index in [1.54, 1.807) is 37.3 Å². The predicted octanol–water partition coefficient (Wildman–Crippen LogP) is 5.16. The lowest BCUT2D eigenvalue weighted by Crippen LogP contribution is -2.37. The van der Waals surface area contributed by atoms with Crippen LogP contribution in [0, 0.1) is 0 Å². The molecular weight excluding hydrogens is 520 g/mol. The van der Waals surface area contributed by atoms with Crippen molar-refractivity contribution in [3.05, 3.63) is 53.1 Å². The summed E-state index contributed by atoms with van der Waals surface area (Å²) in [6.45, 7) is 4.29. The van der Waals surface area contributed by atoms with Crippen LogP contribution in [0.15, 0.2) is 36.4 Å². The van der Waals surface area contributed by atoms with E-state index >= 15 is 0 Å². The second-order valence-electron chi connectivity index (χ2n) is 9.73. The monoisotopic (exact) mass is 558 g/mol. The first-order chi connectivity index (χ1) is 18.6. The number of benzene rings is 2. The van der Waals surface area contributed by atoms with Gasteiger partial charge in [0.2, 0.25) is 5.91 Å².